The van der Waals surface area contributed by atoms with Crippen molar-refractivity contribution >= 4 is 27.6 Å². The lowest BCUT2D eigenvalue weighted by Crippen LogP contribution is -2.06. The van der Waals surface area contributed by atoms with E-state index in [1.165, 1.54) is 6.07 Å². The Bertz CT molecular complexity index is 446. The predicted octanol–water partition coefficient (Wildman–Crippen LogP) is 2.24. The van der Waals surface area contributed by atoms with E-state index in [9.17, 15) is 20.0 Å². The van der Waals surface area contributed by atoms with Gasteiger partial charge in [0.2, 0.25) is 5.75 Å². The van der Waals surface area contributed by atoms with Crippen molar-refractivity contribution in [2.45, 2.75) is 6.92 Å². The molecule has 0 radical (unpaired) electrons. The highest BCUT2D eigenvalue weighted by molar-refractivity contribution is 9.10. The average molecular weight is 290 g/mol. The van der Waals surface area contributed by atoms with Gasteiger partial charge in [-0.3, -0.25) is 10.1 Å². The maximum Gasteiger partial charge on any atom is 0.342 e. The quantitative estimate of drug-likeness (QED) is 0.524. The molecule has 0 aromatic heterocycles. The molecule has 0 aliphatic heterocycles. The maximum atomic E-state index is 11.4. The standard InChI is InChI=1S/C9H8BrNO5/c1-2-16-9(13)6-3-5(10)4-7(8(6)12)11(14)15/h3-4,12H,2H2,1H3. The first-order chi connectivity index (χ1) is 7.47. The molecule has 7 heteroatoms. The van der Waals surface area contributed by atoms with Crippen LogP contribution in [-0.4, -0.2) is 22.6 Å². The van der Waals surface area contributed by atoms with Crippen LogP contribution in [0.2, 0.25) is 0 Å². The number of esters is 1. The number of nitro benzene ring substituents is 1. The second-order valence-electron chi connectivity index (χ2n) is 2.80. The number of halogens is 1. The molecule has 0 atom stereocenters. The van der Waals surface area contributed by atoms with Gasteiger partial charge < -0.3 is 9.84 Å². The van der Waals surface area contributed by atoms with E-state index in [2.05, 4.69) is 20.7 Å². The molecule has 0 bridgehead atoms. The minimum atomic E-state index is -0.801. The zero-order chi connectivity index (χ0) is 12.3. The Labute approximate surface area is 99.1 Å². The van der Waals surface area contributed by atoms with Gasteiger partial charge in [-0.15, -0.1) is 0 Å². The van der Waals surface area contributed by atoms with Crippen LogP contribution in [0.5, 0.6) is 5.75 Å². The number of nitro groups is 1. The van der Waals surface area contributed by atoms with Gasteiger partial charge in [-0.05, 0) is 13.0 Å². The monoisotopic (exact) mass is 289 g/mol. The molecule has 16 heavy (non-hydrogen) atoms. The fourth-order valence-electron chi connectivity index (χ4n) is 1.09. The number of phenols is 1. The Hall–Kier alpha value is -1.63. The molecule has 1 aromatic carbocycles. The number of ether oxygens (including phenoxy) is 1. The van der Waals surface area contributed by atoms with Crippen LogP contribution in [0.4, 0.5) is 5.69 Å². The van der Waals surface area contributed by atoms with Crippen molar-refractivity contribution < 1.29 is 19.6 Å². The highest BCUT2D eigenvalue weighted by atomic mass is 79.9. The second kappa shape index (κ2) is 4.93. The van der Waals surface area contributed by atoms with Gasteiger partial charge in [0, 0.05) is 10.5 Å². The lowest BCUT2D eigenvalue weighted by Gasteiger charge is -2.05. The van der Waals surface area contributed by atoms with Crippen LogP contribution >= 0.6 is 15.9 Å². The molecule has 6 nitrogen and oxygen atoms in total. The summed E-state index contributed by atoms with van der Waals surface area (Å²) in [4.78, 5) is 21.2. The van der Waals surface area contributed by atoms with E-state index in [-0.39, 0.29) is 12.2 Å². The number of rotatable bonds is 3. The summed E-state index contributed by atoms with van der Waals surface area (Å²) in [7, 11) is 0. The van der Waals surface area contributed by atoms with E-state index in [1.54, 1.807) is 6.92 Å². The molecular formula is C9H8BrNO5. The van der Waals surface area contributed by atoms with Gasteiger partial charge in [0.25, 0.3) is 0 Å². The molecule has 0 heterocycles. The number of carbonyl (C=O) groups is 1. The van der Waals surface area contributed by atoms with E-state index in [0.29, 0.717) is 4.47 Å². The molecule has 0 aliphatic rings. The molecule has 1 rings (SSSR count). The highest BCUT2D eigenvalue weighted by Gasteiger charge is 2.23. The van der Waals surface area contributed by atoms with Crippen LogP contribution in [0.3, 0.4) is 0 Å². The number of carbonyl (C=O) groups excluding carboxylic acids is 1. The topological polar surface area (TPSA) is 89.7 Å². The van der Waals surface area contributed by atoms with Gasteiger partial charge in [-0.25, -0.2) is 4.79 Å². The predicted molar refractivity (Wildman–Crippen MR) is 58.4 cm³/mol. The number of phenolic OH excluding ortho intramolecular Hbond substituents is 1. The van der Waals surface area contributed by atoms with Crippen molar-refractivity contribution in [2.75, 3.05) is 6.61 Å². The summed E-state index contributed by atoms with van der Waals surface area (Å²) in [6.45, 7) is 1.72. The minimum absolute atomic E-state index is 0.124. The van der Waals surface area contributed by atoms with Gasteiger partial charge in [0.1, 0.15) is 5.56 Å². The third kappa shape index (κ3) is 2.48. The van der Waals surface area contributed by atoms with Crippen molar-refractivity contribution in [1.82, 2.24) is 0 Å². The SMILES string of the molecule is CCOC(=O)c1cc(Br)cc([N+](=O)[O-])c1O. The Kier molecular flexibility index (Phi) is 3.83. The Balaban J connectivity index is 3.29. The van der Waals surface area contributed by atoms with E-state index < -0.39 is 22.3 Å². The number of aromatic hydroxyl groups is 1. The van der Waals surface area contributed by atoms with Gasteiger partial charge in [0.05, 0.1) is 11.5 Å². The van der Waals surface area contributed by atoms with Crippen molar-refractivity contribution in [1.29, 1.82) is 0 Å². The van der Waals surface area contributed by atoms with Crippen LogP contribution in [0.25, 0.3) is 0 Å². The molecule has 0 saturated carbocycles. The highest BCUT2D eigenvalue weighted by Crippen LogP contribution is 2.33. The Morgan fingerprint density at radius 3 is 2.75 bits per heavy atom. The van der Waals surface area contributed by atoms with Crippen LogP contribution in [0.15, 0.2) is 16.6 Å². The maximum absolute atomic E-state index is 11.4. The Morgan fingerprint density at radius 2 is 2.25 bits per heavy atom. The van der Waals surface area contributed by atoms with Crippen molar-refractivity contribution in [2.24, 2.45) is 0 Å². The normalized spacial score (nSPS) is 9.88. The molecule has 1 aromatic rings. The fraction of sp³-hybridized carbons (Fsp3) is 0.222. The minimum Gasteiger partial charge on any atom is -0.501 e. The molecular weight excluding hydrogens is 282 g/mol. The van der Waals surface area contributed by atoms with Gasteiger partial charge in [0.15, 0.2) is 0 Å². The molecule has 0 saturated heterocycles. The Morgan fingerprint density at radius 1 is 1.62 bits per heavy atom. The lowest BCUT2D eigenvalue weighted by atomic mass is 10.2. The molecule has 86 valence electrons. The summed E-state index contributed by atoms with van der Waals surface area (Å²) in [6.07, 6.45) is 0. The summed E-state index contributed by atoms with van der Waals surface area (Å²) in [5.74, 6) is -1.49. The van der Waals surface area contributed by atoms with Crippen LogP contribution in [0, 0.1) is 10.1 Å². The van der Waals surface area contributed by atoms with E-state index >= 15 is 0 Å². The van der Waals surface area contributed by atoms with Crippen LogP contribution < -0.4 is 0 Å². The van der Waals surface area contributed by atoms with E-state index in [0.717, 1.165) is 6.07 Å². The second-order valence-corrected chi connectivity index (χ2v) is 3.71. The van der Waals surface area contributed by atoms with E-state index in [4.69, 9.17) is 0 Å². The zero-order valence-corrected chi connectivity index (χ0v) is 9.85. The molecule has 0 amide bonds. The summed E-state index contributed by atoms with van der Waals surface area (Å²) in [5.41, 5.74) is -0.777. The molecule has 0 spiro atoms. The third-order valence-electron chi connectivity index (χ3n) is 1.75. The molecule has 0 aliphatic carbocycles. The number of hydrogen-bond donors (Lipinski definition) is 1. The van der Waals surface area contributed by atoms with Crippen LogP contribution in [-0.2, 0) is 4.74 Å². The van der Waals surface area contributed by atoms with Gasteiger partial charge in [-0.2, -0.15) is 0 Å². The molecule has 0 unspecified atom stereocenters. The third-order valence-corrected chi connectivity index (χ3v) is 2.20. The first-order valence-corrected chi connectivity index (χ1v) is 5.10. The summed E-state index contributed by atoms with van der Waals surface area (Å²) >= 11 is 3.01. The summed E-state index contributed by atoms with van der Waals surface area (Å²) in [6, 6.07) is 2.37. The number of benzene rings is 1. The van der Waals surface area contributed by atoms with Crippen molar-refractivity contribution in [3.05, 3.63) is 32.3 Å². The smallest absolute Gasteiger partial charge is 0.342 e. The van der Waals surface area contributed by atoms with Crippen LogP contribution in [0.1, 0.15) is 17.3 Å². The van der Waals surface area contributed by atoms with E-state index in [1.807, 2.05) is 0 Å². The lowest BCUT2D eigenvalue weighted by molar-refractivity contribution is -0.386. The summed E-state index contributed by atoms with van der Waals surface area (Å²) in [5, 5.41) is 20.1. The van der Waals surface area contributed by atoms with Gasteiger partial charge in [-0.1, -0.05) is 15.9 Å². The van der Waals surface area contributed by atoms with Crippen molar-refractivity contribution in [3.63, 3.8) is 0 Å². The fourth-order valence-corrected chi connectivity index (χ4v) is 1.53. The number of hydrogen-bond acceptors (Lipinski definition) is 5. The first-order valence-electron chi connectivity index (χ1n) is 4.31. The molecule has 1 N–H and O–H groups in total. The largest absolute Gasteiger partial charge is 0.501 e. The zero-order valence-electron chi connectivity index (χ0n) is 8.27. The van der Waals surface area contributed by atoms with Gasteiger partial charge >= 0.3 is 11.7 Å². The first kappa shape index (κ1) is 12.4. The number of nitrogens with zero attached hydrogens (tertiary/aromatic N) is 1. The average Bonchev–Trinajstić information content (AvgIpc) is 2.20. The summed E-state index contributed by atoms with van der Waals surface area (Å²) < 4.78 is 4.98. The molecule has 0 fully saturated rings. The van der Waals surface area contributed by atoms with Crippen molar-refractivity contribution in [3.8, 4) is 5.75 Å².